The summed E-state index contributed by atoms with van der Waals surface area (Å²) < 4.78 is 50.8. The molecule has 178 valence electrons. The van der Waals surface area contributed by atoms with Crippen molar-refractivity contribution in [1.29, 1.82) is 0 Å². The van der Waals surface area contributed by atoms with Gasteiger partial charge in [-0.2, -0.15) is 0 Å². The van der Waals surface area contributed by atoms with Gasteiger partial charge in [-0.15, -0.1) is 0 Å². The van der Waals surface area contributed by atoms with E-state index in [0.29, 0.717) is 35.7 Å². The molecule has 4 rings (SSSR count). The smallest absolute Gasteiger partial charge is 0.266 e. The van der Waals surface area contributed by atoms with E-state index in [1.54, 1.807) is 42.6 Å². The lowest BCUT2D eigenvalue weighted by Gasteiger charge is -2.12. The highest BCUT2D eigenvalue weighted by molar-refractivity contribution is 7.92. The third-order valence-electron chi connectivity index (χ3n) is 5.15. The molecule has 0 atom stereocenters. The number of nitrogens with two attached hydrogens (primary N) is 1. The summed E-state index contributed by atoms with van der Waals surface area (Å²) >= 11 is 0. The average Bonchev–Trinajstić information content (AvgIpc) is 3.25. The Balaban J connectivity index is 1.71. The predicted molar refractivity (Wildman–Crippen MR) is 126 cm³/mol. The molecular weight excluding hydrogens is 460 g/mol. The number of sulfonamides is 1. The van der Waals surface area contributed by atoms with Gasteiger partial charge in [0.25, 0.3) is 10.0 Å². The van der Waals surface area contributed by atoms with Crippen LogP contribution in [0.25, 0.3) is 11.0 Å². The molecule has 2 aromatic heterocycles. The van der Waals surface area contributed by atoms with Crippen LogP contribution in [0.3, 0.4) is 0 Å². The average molecular weight is 485 g/mol. The van der Waals surface area contributed by atoms with Gasteiger partial charge in [0.15, 0.2) is 11.4 Å². The van der Waals surface area contributed by atoms with Gasteiger partial charge >= 0.3 is 0 Å². The first kappa shape index (κ1) is 23.3. The number of rotatable bonds is 9. The molecule has 2 aromatic carbocycles. The second-order valence-electron chi connectivity index (χ2n) is 7.28. The van der Waals surface area contributed by atoms with Crippen LogP contribution in [-0.2, 0) is 23.0 Å². The van der Waals surface area contributed by atoms with Gasteiger partial charge in [0.2, 0.25) is 5.88 Å². The summed E-state index contributed by atoms with van der Waals surface area (Å²) in [6.07, 6.45) is 2.26. The molecule has 2 heterocycles. The summed E-state index contributed by atoms with van der Waals surface area (Å²) in [5.74, 6) is 1.20. The normalized spacial score (nSPS) is 11.4. The first-order valence-corrected chi connectivity index (χ1v) is 11.9. The summed E-state index contributed by atoms with van der Waals surface area (Å²) in [5.41, 5.74) is 7.64. The maximum Gasteiger partial charge on any atom is 0.266 e. The topological polar surface area (TPSA) is 139 Å². The van der Waals surface area contributed by atoms with Crippen molar-refractivity contribution in [2.24, 2.45) is 5.73 Å². The molecule has 4 aromatic rings. The number of fused-ring (bicyclic) bond motifs is 1. The van der Waals surface area contributed by atoms with Crippen LogP contribution in [0, 0.1) is 0 Å². The Morgan fingerprint density at radius 1 is 1.03 bits per heavy atom. The summed E-state index contributed by atoms with van der Waals surface area (Å²) in [6.45, 7) is 2.28. The Kier molecular flexibility index (Phi) is 6.57. The van der Waals surface area contributed by atoms with Gasteiger partial charge in [0.05, 0.1) is 14.2 Å². The maximum atomic E-state index is 13.2. The Labute approximate surface area is 196 Å². The van der Waals surface area contributed by atoms with Crippen molar-refractivity contribution in [3.05, 3.63) is 59.8 Å². The molecule has 0 amide bonds. The number of ether oxygens (including phenoxy) is 3. The van der Waals surface area contributed by atoms with Crippen molar-refractivity contribution in [3.8, 4) is 23.1 Å². The SMILES string of the molecule is CCc1ccc(OC)c(S(=O)(=O)Nc2noc3cc(Oc4cc(CN)ccn4)cc(OC)c23)c1. The standard InChI is InChI=1S/C23H24N4O6S/c1-4-14-5-6-17(30-2)20(9-14)34(28,29)27-23-22-18(31-3)11-16(12-19(22)33-26-23)32-21-10-15(13-24)7-8-25-21/h5-12H,4,13,24H2,1-3H3,(H,26,27). The number of hydrogen-bond donors (Lipinski definition) is 2. The number of aromatic nitrogens is 2. The predicted octanol–water partition coefficient (Wildman–Crippen LogP) is 3.85. The van der Waals surface area contributed by atoms with E-state index in [9.17, 15) is 8.42 Å². The van der Waals surface area contributed by atoms with E-state index in [1.807, 2.05) is 13.0 Å². The Morgan fingerprint density at radius 2 is 1.82 bits per heavy atom. The third kappa shape index (κ3) is 4.61. The fourth-order valence-corrected chi connectivity index (χ4v) is 4.62. The highest BCUT2D eigenvalue weighted by atomic mass is 32.2. The summed E-state index contributed by atoms with van der Waals surface area (Å²) in [7, 11) is -1.19. The molecule has 0 fully saturated rings. The maximum absolute atomic E-state index is 13.2. The molecule has 0 saturated heterocycles. The van der Waals surface area contributed by atoms with Crippen molar-refractivity contribution in [1.82, 2.24) is 10.1 Å². The number of aryl methyl sites for hydroxylation is 1. The van der Waals surface area contributed by atoms with Crippen LogP contribution in [0.2, 0.25) is 0 Å². The highest BCUT2D eigenvalue weighted by Crippen LogP contribution is 2.38. The zero-order valence-corrected chi connectivity index (χ0v) is 19.7. The number of pyridine rings is 1. The van der Waals surface area contributed by atoms with Crippen LogP contribution in [0.15, 0.2) is 58.1 Å². The molecular formula is C23H24N4O6S. The molecule has 0 unspecified atom stereocenters. The minimum absolute atomic E-state index is 0.00437. The number of nitrogens with zero attached hydrogens (tertiary/aromatic N) is 2. The van der Waals surface area contributed by atoms with Gasteiger partial charge in [-0.25, -0.2) is 13.4 Å². The highest BCUT2D eigenvalue weighted by Gasteiger charge is 2.25. The second kappa shape index (κ2) is 9.57. The fourth-order valence-electron chi connectivity index (χ4n) is 3.39. The molecule has 0 aliphatic rings. The van der Waals surface area contributed by atoms with E-state index < -0.39 is 10.0 Å². The van der Waals surface area contributed by atoms with E-state index >= 15 is 0 Å². The third-order valence-corrected chi connectivity index (χ3v) is 6.51. The number of methoxy groups -OCH3 is 2. The zero-order valence-electron chi connectivity index (χ0n) is 18.9. The van der Waals surface area contributed by atoms with Gasteiger partial charge in [-0.3, -0.25) is 4.72 Å². The van der Waals surface area contributed by atoms with Crippen molar-refractivity contribution in [3.63, 3.8) is 0 Å². The molecule has 0 aliphatic carbocycles. The molecule has 11 heteroatoms. The Hall–Kier alpha value is -3.83. The van der Waals surface area contributed by atoms with Crippen LogP contribution in [0.5, 0.6) is 23.1 Å². The van der Waals surface area contributed by atoms with Crippen molar-refractivity contribution in [2.45, 2.75) is 24.8 Å². The minimum atomic E-state index is -4.05. The largest absolute Gasteiger partial charge is 0.496 e. The van der Waals surface area contributed by atoms with E-state index in [0.717, 1.165) is 11.1 Å². The van der Waals surface area contributed by atoms with Crippen LogP contribution >= 0.6 is 0 Å². The molecule has 0 spiro atoms. The summed E-state index contributed by atoms with van der Waals surface area (Å²) in [6, 6.07) is 11.7. The Bertz CT molecular complexity index is 1430. The lowest BCUT2D eigenvalue weighted by molar-refractivity contribution is 0.402. The van der Waals surface area contributed by atoms with E-state index in [4.69, 9.17) is 24.5 Å². The van der Waals surface area contributed by atoms with Gasteiger partial charge < -0.3 is 24.5 Å². The first-order chi connectivity index (χ1) is 16.4. The molecule has 0 bridgehead atoms. The van der Waals surface area contributed by atoms with Crippen molar-refractivity contribution >= 4 is 26.8 Å². The van der Waals surface area contributed by atoms with Gasteiger partial charge in [-0.05, 0) is 35.7 Å². The first-order valence-electron chi connectivity index (χ1n) is 10.4. The summed E-state index contributed by atoms with van der Waals surface area (Å²) in [5, 5.41) is 4.25. The van der Waals surface area contributed by atoms with Crippen LogP contribution in [0.4, 0.5) is 5.82 Å². The van der Waals surface area contributed by atoms with Crippen LogP contribution in [-0.4, -0.2) is 32.8 Å². The second-order valence-corrected chi connectivity index (χ2v) is 8.93. The number of anilines is 1. The number of hydrogen-bond acceptors (Lipinski definition) is 9. The lowest BCUT2D eigenvalue weighted by atomic mass is 10.2. The fraction of sp³-hybridized carbons (Fsp3) is 0.217. The number of nitrogens with one attached hydrogen (secondary N) is 1. The minimum Gasteiger partial charge on any atom is -0.496 e. The molecule has 0 saturated carbocycles. The van der Waals surface area contributed by atoms with Gasteiger partial charge in [0.1, 0.15) is 27.5 Å². The van der Waals surface area contributed by atoms with E-state index in [-0.39, 0.29) is 22.0 Å². The molecule has 34 heavy (non-hydrogen) atoms. The molecule has 10 nitrogen and oxygen atoms in total. The van der Waals surface area contributed by atoms with Gasteiger partial charge in [0, 0.05) is 30.9 Å². The van der Waals surface area contributed by atoms with Crippen molar-refractivity contribution < 1.29 is 27.2 Å². The molecule has 0 aliphatic heterocycles. The quantitative estimate of drug-likeness (QED) is 0.362. The van der Waals surface area contributed by atoms with Crippen LogP contribution in [0.1, 0.15) is 18.1 Å². The number of benzene rings is 2. The van der Waals surface area contributed by atoms with Crippen molar-refractivity contribution in [2.75, 3.05) is 18.9 Å². The van der Waals surface area contributed by atoms with Crippen LogP contribution < -0.4 is 24.7 Å². The Morgan fingerprint density at radius 3 is 2.53 bits per heavy atom. The van der Waals surface area contributed by atoms with E-state index in [1.165, 1.54) is 14.2 Å². The zero-order chi connectivity index (χ0) is 24.3. The van der Waals surface area contributed by atoms with Gasteiger partial charge in [-0.1, -0.05) is 18.1 Å². The molecule has 0 radical (unpaired) electrons. The molecule has 3 N–H and O–H groups in total. The summed E-state index contributed by atoms with van der Waals surface area (Å²) in [4.78, 5) is 4.16. The van der Waals surface area contributed by atoms with E-state index in [2.05, 4.69) is 14.9 Å². The lowest BCUT2D eigenvalue weighted by Crippen LogP contribution is -2.15. The monoisotopic (exact) mass is 484 g/mol.